The van der Waals surface area contributed by atoms with Gasteiger partial charge in [0.2, 0.25) is 0 Å². The highest BCUT2D eigenvalue weighted by Gasteiger charge is 2.33. The first-order chi connectivity index (χ1) is 5.91. The van der Waals surface area contributed by atoms with Crippen LogP contribution in [0.3, 0.4) is 0 Å². The molecule has 0 aliphatic rings. The topological polar surface area (TPSA) is 138 Å². The molecule has 0 heterocycles. The highest BCUT2D eigenvalue weighted by atomic mass is 16.4. The standard InChI is InChI=1S/C6H12O7/c7-1-2(8)3(9)4(10)5(11)6(12)13/h2-5,7-11H,1H2,(H,12,13)/t2-,3-,4+,5?/m0/s1. The molecule has 0 aliphatic heterocycles. The summed E-state index contributed by atoms with van der Waals surface area (Å²) in [5.41, 5.74) is 0. The first kappa shape index (κ1) is 12.3. The normalized spacial score (nSPS) is 20.4. The van der Waals surface area contributed by atoms with Crippen molar-refractivity contribution < 1.29 is 35.4 Å². The third kappa shape index (κ3) is 3.25. The van der Waals surface area contributed by atoms with Gasteiger partial charge in [0.1, 0.15) is 18.3 Å². The molecule has 78 valence electrons. The molecule has 0 rings (SSSR count). The zero-order valence-electron chi connectivity index (χ0n) is 6.61. The van der Waals surface area contributed by atoms with Crippen LogP contribution < -0.4 is 0 Å². The molecule has 0 amide bonds. The molecule has 0 aromatic heterocycles. The second kappa shape index (κ2) is 5.10. The van der Waals surface area contributed by atoms with Crippen molar-refractivity contribution in [3.8, 4) is 0 Å². The minimum atomic E-state index is -2.20. The molecule has 0 aromatic rings. The molecule has 0 saturated heterocycles. The predicted molar refractivity (Wildman–Crippen MR) is 38.7 cm³/mol. The van der Waals surface area contributed by atoms with Crippen molar-refractivity contribution in [1.82, 2.24) is 0 Å². The van der Waals surface area contributed by atoms with Gasteiger partial charge in [-0.1, -0.05) is 0 Å². The molecule has 0 fully saturated rings. The molecule has 4 atom stereocenters. The largest absolute Gasteiger partial charge is 0.479 e. The average molecular weight is 196 g/mol. The number of carboxylic acid groups (broad SMARTS) is 1. The van der Waals surface area contributed by atoms with Crippen LogP contribution in [0.1, 0.15) is 0 Å². The predicted octanol–water partition coefficient (Wildman–Crippen LogP) is -3.49. The van der Waals surface area contributed by atoms with E-state index < -0.39 is 37.0 Å². The Hall–Kier alpha value is -0.730. The maximum absolute atomic E-state index is 10.1. The van der Waals surface area contributed by atoms with Crippen LogP contribution in [0.5, 0.6) is 0 Å². The van der Waals surface area contributed by atoms with Crippen LogP contribution in [-0.4, -0.2) is 67.6 Å². The summed E-state index contributed by atoms with van der Waals surface area (Å²) in [4.78, 5) is 10.1. The quantitative estimate of drug-likeness (QED) is 0.268. The van der Waals surface area contributed by atoms with Gasteiger partial charge in [-0.25, -0.2) is 4.79 Å². The fourth-order valence-electron chi connectivity index (χ4n) is 0.668. The summed E-state index contributed by atoms with van der Waals surface area (Å²) in [7, 11) is 0. The number of hydrogen-bond donors (Lipinski definition) is 6. The van der Waals surface area contributed by atoms with E-state index in [1.165, 1.54) is 0 Å². The fraction of sp³-hybridized carbons (Fsp3) is 0.833. The Bertz CT molecular complexity index is 170. The third-order valence-electron chi connectivity index (χ3n) is 1.51. The molecule has 0 aromatic carbocycles. The maximum atomic E-state index is 10.1. The molecule has 6 N–H and O–H groups in total. The summed E-state index contributed by atoms with van der Waals surface area (Å²) < 4.78 is 0. The first-order valence-electron chi connectivity index (χ1n) is 3.47. The average Bonchev–Trinajstić information content (AvgIpc) is 2.12. The van der Waals surface area contributed by atoms with E-state index in [1.54, 1.807) is 0 Å². The van der Waals surface area contributed by atoms with Crippen molar-refractivity contribution in [3.63, 3.8) is 0 Å². The Kier molecular flexibility index (Phi) is 4.81. The van der Waals surface area contributed by atoms with Gasteiger partial charge in [0, 0.05) is 0 Å². The minimum Gasteiger partial charge on any atom is -0.479 e. The smallest absolute Gasteiger partial charge is 0.335 e. The van der Waals surface area contributed by atoms with Crippen molar-refractivity contribution in [3.05, 3.63) is 0 Å². The van der Waals surface area contributed by atoms with Crippen LogP contribution in [0.2, 0.25) is 0 Å². The molecule has 0 spiro atoms. The zero-order chi connectivity index (χ0) is 10.6. The maximum Gasteiger partial charge on any atom is 0.335 e. The molecule has 0 saturated carbocycles. The van der Waals surface area contributed by atoms with Crippen LogP contribution >= 0.6 is 0 Å². The van der Waals surface area contributed by atoms with Gasteiger partial charge in [-0.15, -0.1) is 0 Å². The van der Waals surface area contributed by atoms with Gasteiger partial charge in [0.25, 0.3) is 0 Å². The van der Waals surface area contributed by atoms with Crippen molar-refractivity contribution in [2.45, 2.75) is 24.4 Å². The molecule has 7 nitrogen and oxygen atoms in total. The second-order valence-corrected chi connectivity index (χ2v) is 2.51. The molecular formula is C6H12O7. The van der Waals surface area contributed by atoms with Gasteiger partial charge in [0.15, 0.2) is 6.10 Å². The highest BCUT2D eigenvalue weighted by molar-refractivity contribution is 5.72. The van der Waals surface area contributed by atoms with Gasteiger partial charge < -0.3 is 30.6 Å². The lowest BCUT2D eigenvalue weighted by atomic mass is 10.0. The summed E-state index contributed by atoms with van der Waals surface area (Å²) in [6.07, 6.45) is -7.84. The SMILES string of the molecule is O=C(O)C(O)[C@H](O)[C@@H](O)[C@@H](O)CO. The van der Waals surface area contributed by atoms with Crippen LogP contribution in [0, 0.1) is 0 Å². The van der Waals surface area contributed by atoms with Gasteiger partial charge in [-0.3, -0.25) is 0 Å². The van der Waals surface area contributed by atoms with E-state index in [9.17, 15) is 4.79 Å². The molecule has 7 heteroatoms. The number of rotatable bonds is 5. The lowest BCUT2D eigenvalue weighted by molar-refractivity contribution is -0.164. The van der Waals surface area contributed by atoms with E-state index >= 15 is 0 Å². The van der Waals surface area contributed by atoms with Gasteiger partial charge in [-0.05, 0) is 0 Å². The fourth-order valence-corrected chi connectivity index (χ4v) is 0.668. The van der Waals surface area contributed by atoms with Crippen LogP contribution in [0.25, 0.3) is 0 Å². The Morgan fingerprint density at radius 2 is 1.54 bits per heavy atom. The van der Waals surface area contributed by atoms with E-state index in [0.717, 1.165) is 0 Å². The molecule has 13 heavy (non-hydrogen) atoms. The number of carbonyl (C=O) groups is 1. The number of aliphatic hydroxyl groups is 5. The Balaban J connectivity index is 4.24. The zero-order valence-corrected chi connectivity index (χ0v) is 6.61. The number of aliphatic carboxylic acids is 1. The van der Waals surface area contributed by atoms with E-state index in [1.807, 2.05) is 0 Å². The lowest BCUT2D eigenvalue weighted by Crippen LogP contribution is -2.48. The lowest BCUT2D eigenvalue weighted by Gasteiger charge is -2.23. The number of hydrogen-bond acceptors (Lipinski definition) is 6. The molecule has 0 aliphatic carbocycles. The van der Waals surface area contributed by atoms with Crippen LogP contribution in [0.15, 0.2) is 0 Å². The van der Waals surface area contributed by atoms with E-state index in [0.29, 0.717) is 0 Å². The molecule has 1 unspecified atom stereocenters. The van der Waals surface area contributed by atoms with Gasteiger partial charge in [-0.2, -0.15) is 0 Å². The highest BCUT2D eigenvalue weighted by Crippen LogP contribution is 2.04. The van der Waals surface area contributed by atoms with Crippen LogP contribution in [0.4, 0.5) is 0 Å². The minimum absolute atomic E-state index is 0.843. The Morgan fingerprint density at radius 3 is 1.85 bits per heavy atom. The second-order valence-electron chi connectivity index (χ2n) is 2.51. The summed E-state index contributed by atoms with van der Waals surface area (Å²) in [5.74, 6) is -1.73. The van der Waals surface area contributed by atoms with Crippen LogP contribution in [-0.2, 0) is 4.79 Å². The van der Waals surface area contributed by atoms with E-state index in [2.05, 4.69) is 0 Å². The van der Waals surface area contributed by atoms with Crippen molar-refractivity contribution in [1.29, 1.82) is 0 Å². The van der Waals surface area contributed by atoms with E-state index in [4.69, 9.17) is 30.6 Å². The molecule has 0 radical (unpaired) electrons. The van der Waals surface area contributed by atoms with Crippen molar-refractivity contribution >= 4 is 5.97 Å². The summed E-state index contributed by atoms with van der Waals surface area (Å²) in [6, 6.07) is 0. The van der Waals surface area contributed by atoms with Gasteiger partial charge in [0.05, 0.1) is 6.61 Å². The monoisotopic (exact) mass is 196 g/mol. The van der Waals surface area contributed by atoms with Gasteiger partial charge >= 0.3 is 5.97 Å². The summed E-state index contributed by atoms with van der Waals surface area (Å²) >= 11 is 0. The first-order valence-corrected chi connectivity index (χ1v) is 3.47. The van der Waals surface area contributed by atoms with Crippen molar-refractivity contribution in [2.24, 2.45) is 0 Å². The Morgan fingerprint density at radius 1 is 1.08 bits per heavy atom. The van der Waals surface area contributed by atoms with Crippen molar-refractivity contribution in [2.75, 3.05) is 6.61 Å². The van der Waals surface area contributed by atoms with E-state index in [-0.39, 0.29) is 0 Å². The molecular weight excluding hydrogens is 184 g/mol. The number of aliphatic hydroxyl groups excluding tert-OH is 5. The Labute approximate surface area is 73.5 Å². The summed E-state index contributed by atoms with van der Waals surface area (Å²) in [5, 5.41) is 51.8. The molecule has 0 bridgehead atoms. The number of carboxylic acids is 1. The third-order valence-corrected chi connectivity index (χ3v) is 1.51. The summed E-state index contributed by atoms with van der Waals surface area (Å²) in [6.45, 7) is -0.843.